The highest BCUT2D eigenvalue weighted by Crippen LogP contribution is 2.58. The third kappa shape index (κ3) is 0.731. The molecule has 2 saturated carbocycles. The molecule has 2 rings (SSSR count). The summed E-state index contributed by atoms with van der Waals surface area (Å²) in [6.07, 6.45) is 7.02. The van der Waals surface area contributed by atoms with Crippen LogP contribution in [0.3, 0.4) is 0 Å². The molecular weight excluding hydrogens is 122 g/mol. The average Bonchev–Trinajstić information content (AvgIpc) is 2.53. The summed E-state index contributed by atoms with van der Waals surface area (Å²) in [7, 11) is 0. The first-order chi connectivity index (χ1) is 4.76. The highest BCUT2D eigenvalue weighted by molar-refractivity contribution is 5.09. The van der Waals surface area contributed by atoms with Crippen molar-refractivity contribution in [2.75, 3.05) is 0 Å². The number of rotatable bonds is 0. The Labute approximate surface area is 63.0 Å². The van der Waals surface area contributed by atoms with Gasteiger partial charge in [0.1, 0.15) is 0 Å². The molecule has 0 aromatic heterocycles. The van der Waals surface area contributed by atoms with Gasteiger partial charge in [-0.05, 0) is 24.2 Å². The van der Waals surface area contributed by atoms with E-state index in [0.29, 0.717) is 11.5 Å². The van der Waals surface area contributed by atoms with Crippen LogP contribution in [0.15, 0.2) is 0 Å². The minimum Gasteiger partial charge on any atom is -0.327 e. The smallest absolute Gasteiger partial charge is 0.0105 e. The van der Waals surface area contributed by atoms with Gasteiger partial charge in [-0.1, -0.05) is 26.2 Å². The van der Waals surface area contributed by atoms with E-state index >= 15 is 0 Å². The molecule has 0 amide bonds. The van der Waals surface area contributed by atoms with Crippen LogP contribution in [-0.4, -0.2) is 6.04 Å². The molecule has 0 aromatic rings. The molecule has 1 heteroatoms. The summed E-state index contributed by atoms with van der Waals surface area (Å²) in [6, 6.07) is 0.558. The standard InChI is InChI=1S/C9H17N/c1-7-4-2-3-5-9(7)6-8(9)10/h7-8H,2-6,10H2,1H3. The van der Waals surface area contributed by atoms with Gasteiger partial charge in [0.05, 0.1) is 0 Å². The summed E-state index contributed by atoms with van der Waals surface area (Å²) in [4.78, 5) is 0. The zero-order valence-electron chi connectivity index (χ0n) is 6.77. The third-order valence-electron chi connectivity index (χ3n) is 3.69. The number of hydrogen-bond acceptors (Lipinski definition) is 1. The predicted octanol–water partition coefficient (Wildman–Crippen LogP) is 1.91. The van der Waals surface area contributed by atoms with Crippen LogP contribution in [0.5, 0.6) is 0 Å². The van der Waals surface area contributed by atoms with Crippen LogP contribution in [0.1, 0.15) is 39.0 Å². The second kappa shape index (κ2) is 1.97. The molecule has 0 aliphatic heterocycles. The molecule has 0 saturated heterocycles. The molecule has 1 spiro atoms. The van der Waals surface area contributed by atoms with Crippen molar-refractivity contribution in [2.45, 2.75) is 45.1 Å². The fourth-order valence-corrected chi connectivity index (χ4v) is 2.64. The SMILES string of the molecule is CC1CCCCC12CC2N. The first-order valence-electron chi connectivity index (χ1n) is 4.51. The van der Waals surface area contributed by atoms with Gasteiger partial charge in [-0.3, -0.25) is 0 Å². The fourth-order valence-electron chi connectivity index (χ4n) is 2.64. The highest BCUT2D eigenvalue weighted by atomic mass is 14.8. The molecule has 2 aliphatic rings. The Morgan fingerprint density at radius 1 is 1.40 bits per heavy atom. The lowest BCUT2D eigenvalue weighted by Crippen LogP contribution is -2.25. The summed E-state index contributed by atoms with van der Waals surface area (Å²) < 4.78 is 0. The van der Waals surface area contributed by atoms with E-state index in [1.54, 1.807) is 0 Å². The number of hydrogen-bond donors (Lipinski definition) is 1. The van der Waals surface area contributed by atoms with Gasteiger partial charge in [0.15, 0.2) is 0 Å². The van der Waals surface area contributed by atoms with E-state index in [2.05, 4.69) is 6.92 Å². The van der Waals surface area contributed by atoms with Crippen molar-refractivity contribution >= 4 is 0 Å². The van der Waals surface area contributed by atoms with Crippen LogP contribution < -0.4 is 5.73 Å². The Morgan fingerprint density at radius 2 is 2.10 bits per heavy atom. The normalized spacial score (nSPS) is 53.4. The molecule has 0 bridgehead atoms. The topological polar surface area (TPSA) is 26.0 Å². The van der Waals surface area contributed by atoms with E-state index in [1.165, 1.54) is 32.1 Å². The monoisotopic (exact) mass is 139 g/mol. The van der Waals surface area contributed by atoms with Crippen molar-refractivity contribution in [2.24, 2.45) is 17.1 Å². The van der Waals surface area contributed by atoms with Gasteiger partial charge >= 0.3 is 0 Å². The number of nitrogens with two attached hydrogens (primary N) is 1. The van der Waals surface area contributed by atoms with Crippen molar-refractivity contribution in [3.8, 4) is 0 Å². The Morgan fingerprint density at radius 3 is 2.50 bits per heavy atom. The fraction of sp³-hybridized carbons (Fsp3) is 1.00. The van der Waals surface area contributed by atoms with Gasteiger partial charge in [-0.25, -0.2) is 0 Å². The van der Waals surface area contributed by atoms with Gasteiger partial charge in [0.25, 0.3) is 0 Å². The molecule has 10 heavy (non-hydrogen) atoms. The molecule has 2 fully saturated rings. The lowest BCUT2D eigenvalue weighted by atomic mass is 9.77. The van der Waals surface area contributed by atoms with Crippen molar-refractivity contribution in [1.29, 1.82) is 0 Å². The molecule has 1 nitrogen and oxygen atoms in total. The Balaban J connectivity index is 2.06. The van der Waals surface area contributed by atoms with E-state index < -0.39 is 0 Å². The first-order valence-corrected chi connectivity index (χ1v) is 4.51. The Hall–Kier alpha value is -0.0400. The van der Waals surface area contributed by atoms with Crippen LogP contribution in [-0.2, 0) is 0 Å². The molecule has 0 radical (unpaired) electrons. The van der Waals surface area contributed by atoms with Gasteiger partial charge < -0.3 is 5.73 Å². The highest BCUT2D eigenvalue weighted by Gasteiger charge is 2.55. The van der Waals surface area contributed by atoms with Crippen LogP contribution >= 0.6 is 0 Å². The van der Waals surface area contributed by atoms with Crippen molar-refractivity contribution in [3.63, 3.8) is 0 Å². The first kappa shape index (κ1) is 6.66. The summed E-state index contributed by atoms with van der Waals surface area (Å²) >= 11 is 0. The maximum Gasteiger partial charge on any atom is 0.0105 e. The van der Waals surface area contributed by atoms with Crippen LogP contribution in [0.25, 0.3) is 0 Å². The Kier molecular flexibility index (Phi) is 1.31. The zero-order chi connectivity index (χ0) is 7.19. The predicted molar refractivity (Wildman–Crippen MR) is 42.7 cm³/mol. The van der Waals surface area contributed by atoms with Gasteiger partial charge in [0, 0.05) is 6.04 Å². The van der Waals surface area contributed by atoms with Gasteiger partial charge in [0.2, 0.25) is 0 Å². The zero-order valence-corrected chi connectivity index (χ0v) is 6.77. The van der Waals surface area contributed by atoms with Crippen LogP contribution in [0, 0.1) is 11.3 Å². The lowest BCUT2D eigenvalue weighted by Gasteiger charge is -2.29. The quantitative estimate of drug-likeness (QED) is 0.545. The van der Waals surface area contributed by atoms with Gasteiger partial charge in [-0.2, -0.15) is 0 Å². The molecule has 0 heterocycles. The molecule has 2 aliphatic carbocycles. The van der Waals surface area contributed by atoms with Crippen molar-refractivity contribution in [3.05, 3.63) is 0 Å². The van der Waals surface area contributed by atoms with Gasteiger partial charge in [-0.15, -0.1) is 0 Å². The molecular formula is C9H17N. The Bertz CT molecular complexity index is 144. The average molecular weight is 139 g/mol. The maximum absolute atomic E-state index is 5.92. The van der Waals surface area contributed by atoms with E-state index in [4.69, 9.17) is 5.73 Å². The maximum atomic E-state index is 5.92. The minimum atomic E-state index is 0.558. The third-order valence-corrected chi connectivity index (χ3v) is 3.69. The summed E-state index contributed by atoms with van der Waals surface area (Å²) in [5.41, 5.74) is 6.55. The second-order valence-electron chi connectivity index (χ2n) is 4.19. The molecule has 3 atom stereocenters. The summed E-state index contributed by atoms with van der Waals surface area (Å²) in [5.74, 6) is 0.913. The van der Waals surface area contributed by atoms with E-state index in [9.17, 15) is 0 Å². The molecule has 58 valence electrons. The van der Waals surface area contributed by atoms with Crippen molar-refractivity contribution < 1.29 is 0 Å². The van der Waals surface area contributed by atoms with E-state index in [1.807, 2.05) is 0 Å². The van der Waals surface area contributed by atoms with Crippen LogP contribution in [0.4, 0.5) is 0 Å². The largest absolute Gasteiger partial charge is 0.327 e. The van der Waals surface area contributed by atoms with E-state index in [0.717, 1.165) is 5.92 Å². The minimum absolute atomic E-state index is 0.558. The second-order valence-corrected chi connectivity index (χ2v) is 4.19. The van der Waals surface area contributed by atoms with E-state index in [-0.39, 0.29) is 0 Å². The lowest BCUT2D eigenvalue weighted by molar-refractivity contribution is 0.224. The summed E-state index contributed by atoms with van der Waals surface area (Å²) in [5, 5.41) is 0. The molecule has 3 unspecified atom stereocenters. The molecule has 0 aromatic carbocycles. The van der Waals surface area contributed by atoms with Crippen molar-refractivity contribution in [1.82, 2.24) is 0 Å². The molecule has 2 N–H and O–H groups in total. The van der Waals surface area contributed by atoms with Crippen LogP contribution in [0.2, 0.25) is 0 Å². The summed E-state index contributed by atoms with van der Waals surface area (Å²) in [6.45, 7) is 2.38.